The summed E-state index contributed by atoms with van der Waals surface area (Å²) in [5, 5.41) is 2.54. The molecule has 3 heteroatoms. The first kappa shape index (κ1) is 14.9. The molecule has 0 aromatic heterocycles. The molecule has 0 amide bonds. The molecule has 0 bridgehead atoms. The van der Waals surface area contributed by atoms with E-state index in [-0.39, 0.29) is 0 Å². The molecule has 1 saturated heterocycles. The van der Waals surface area contributed by atoms with E-state index >= 15 is 0 Å². The Morgan fingerprint density at radius 1 is 0.905 bits per heavy atom. The number of rotatable bonds is 4. The highest BCUT2D eigenvalue weighted by atomic mass is 32.2. The summed E-state index contributed by atoms with van der Waals surface area (Å²) in [5.74, 6) is 1.22. The van der Waals surface area contributed by atoms with Crippen LogP contribution in [0, 0.1) is 0 Å². The van der Waals surface area contributed by atoms with Crippen LogP contribution in [-0.4, -0.2) is 17.2 Å². The van der Waals surface area contributed by atoms with Gasteiger partial charge in [-0.2, -0.15) is 11.8 Å². The van der Waals surface area contributed by atoms with Crippen LogP contribution in [0.5, 0.6) is 0 Å². The number of hydrogen-bond donors (Lipinski definition) is 0. The smallest absolute Gasteiger partial charge is 0.144 e. The molecule has 21 heavy (non-hydrogen) atoms. The van der Waals surface area contributed by atoms with Crippen LogP contribution >= 0.6 is 18.9 Å². The minimum absolute atomic E-state index is 0.532. The van der Waals surface area contributed by atoms with E-state index in [2.05, 4.69) is 0 Å². The third-order valence-corrected chi connectivity index (χ3v) is 8.95. The zero-order valence-electron chi connectivity index (χ0n) is 12.2. The molecule has 0 spiro atoms. The Hall–Kier alpha value is -0.980. The Kier molecular flexibility index (Phi) is 4.87. The van der Waals surface area contributed by atoms with Crippen LogP contribution in [0.25, 0.3) is 0 Å². The fraction of sp³-hybridized carbons (Fsp3) is 0.333. The molecular formula is C18H21OPS. The van der Waals surface area contributed by atoms with E-state index in [1.54, 1.807) is 0 Å². The lowest BCUT2D eigenvalue weighted by atomic mass is 10.2. The summed E-state index contributed by atoms with van der Waals surface area (Å²) in [4.78, 5) is 0. The van der Waals surface area contributed by atoms with Gasteiger partial charge in [0.25, 0.3) is 0 Å². The van der Waals surface area contributed by atoms with Crippen molar-refractivity contribution in [3.05, 3.63) is 60.7 Å². The highest BCUT2D eigenvalue weighted by molar-refractivity contribution is 8.00. The second-order valence-electron chi connectivity index (χ2n) is 5.58. The van der Waals surface area contributed by atoms with Gasteiger partial charge < -0.3 is 4.57 Å². The monoisotopic (exact) mass is 316 g/mol. The van der Waals surface area contributed by atoms with E-state index in [1.165, 1.54) is 25.0 Å². The Bertz CT molecular complexity index is 562. The average molecular weight is 316 g/mol. The standard InChI is InChI=1S/C18H21OPS/c19-20(16-9-3-1-4-10-16,17-11-5-2-6-12-17)15-18-13-7-8-14-21-18/h1-6,9-12,18H,7-8,13-15H2. The molecule has 2 aromatic rings. The highest BCUT2D eigenvalue weighted by Crippen LogP contribution is 2.47. The molecule has 0 radical (unpaired) electrons. The molecule has 0 N–H and O–H groups in total. The maximum atomic E-state index is 13.9. The van der Waals surface area contributed by atoms with Gasteiger partial charge in [0.2, 0.25) is 0 Å². The van der Waals surface area contributed by atoms with Gasteiger partial charge >= 0.3 is 0 Å². The molecule has 1 aliphatic rings. The summed E-state index contributed by atoms with van der Waals surface area (Å²) < 4.78 is 13.9. The zero-order chi connectivity index (χ0) is 14.5. The SMILES string of the molecule is O=P(CC1CCCCS1)(c1ccccc1)c1ccccc1. The molecule has 1 heterocycles. The quantitative estimate of drug-likeness (QED) is 0.783. The van der Waals surface area contributed by atoms with Crippen LogP contribution in [0.3, 0.4) is 0 Å². The summed E-state index contributed by atoms with van der Waals surface area (Å²) in [7, 11) is -2.51. The molecule has 110 valence electrons. The summed E-state index contributed by atoms with van der Waals surface area (Å²) in [6.45, 7) is 0. The van der Waals surface area contributed by atoms with E-state index in [9.17, 15) is 4.57 Å². The van der Waals surface area contributed by atoms with Crippen molar-refractivity contribution < 1.29 is 4.57 Å². The molecule has 1 nitrogen and oxygen atoms in total. The number of benzene rings is 2. The molecular weight excluding hydrogens is 295 g/mol. The number of hydrogen-bond acceptors (Lipinski definition) is 2. The van der Waals surface area contributed by atoms with E-state index < -0.39 is 7.14 Å². The Balaban J connectivity index is 1.96. The largest absolute Gasteiger partial charge is 0.314 e. The van der Waals surface area contributed by atoms with E-state index in [4.69, 9.17) is 0 Å². The van der Waals surface area contributed by atoms with Gasteiger partial charge in [-0.05, 0) is 18.6 Å². The van der Waals surface area contributed by atoms with Gasteiger partial charge in [0.1, 0.15) is 7.14 Å². The fourth-order valence-corrected chi connectivity index (χ4v) is 7.81. The van der Waals surface area contributed by atoms with Gasteiger partial charge in [-0.1, -0.05) is 67.1 Å². The van der Waals surface area contributed by atoms with Gasteiger partial charge in [0, 0.05) is 22.0 Å². The first-order valence-electron chi connectivity index (χ1n) is 7.61. The van der Waals surface area contributed by atoms with Gasteiger partial charge in [-0.15, -0.1) is 0 Å². The van der Waals surface area contributed by atoms with Crippen molar-refractivity contribution >= 4 is 29.5 Å². The lowest BCUT2D eigenvalue weighted by Gasteiger charge is -2.27. The zero-order valence-corrected chi connectivity index (χ0v) is 13.9. The summed E-state index contributed by atoms with van der Waals surface area (Å²) in [5.41, 5.74) is 0. The predicted octanol–water partition coefficient (Wildman–Crippen LogP) is 4.29. The third-order valence-electron chi connectivity index (χ3n) is 4.08. The van der Waals surface area contributed by atoms with Crippen molar-refractivity contribution in [3.63, 3.8) is 0 Å². The first-order chi connectivity index (χ1) is 10.3. The Morgan fingerprint density at radius 2 is 1.48 bits per heavy atom. The van der Waals surface area contributed by atoms with E-state index in [0.29, 0.717) is 5.25 Å². The van der Waals surface area contributed by atoms with Crippen LogP contribution in [0.4, 0.5) is 0 Å². The van der Waals surface area contributed by atoms with Crippen LogP contribution in [0.2, 0.25) is 0 Å². The Morgan fingerprint density at radius 3 is 1.95 bits per heavy atom. The topological polar surface area (TPSA) is 17.1 Å². The van der Waals surface area contributed by atoms with E-state index in [0.717, 1.165) is 16.8 Å². The molecule has 3 rings (SSSR count). The van der Waals surface area contributed by atoms with Crippen molar-refractivity contribution in [2.75, 3.05) is 11.9 Å². The minimum Gasteiger partial charge on any atom is -0.314 e. The van der Waals surface area contributed by atoms with Gasteiger partial charge in [0.05, 0.1) is 0 Å². The summed E-state index contributed by atoms with van der Waals surface area (Å²) >= 11 is 2.01. The van der Waals surface area contributed by atoms with Crippen LogP contribution in [-0.2, 0) is 4.57 Å². The predicted molar refractivity (Wildman–Crippen MR) is 94.7 cm³/mol. The van der Waals surface area contributed by atoms with Crippen molar-refractivity contribution in [2.24, 2.45) is 0 Å². The maximum Gasteiger partial charge on any atom is 0.144 e. The van der Waals surface area contributed by atoms with Crippen molar-refractivity contribution in [1.29, 1.82) is 0 Å². The average Bonchev–Trinajstić information content (AvgIpc) is 2.57. The molecule has 2 aromatic carbocycles. The van der Waals surface area contributed by atoms with E-state index in [1.807, 2.05) is 72.4 Å². The highest BCUT2D eigenvalue weighted by Gasteiger charge is 2.31. The molecule has 1 atom stereocenters. The molecule has 1 aliphatic heterocycles. The van der Waals surface area contributed by atoms with Crippen LogP contribution in [0.1, 0.15) is 19.3 Å². The summed E-state index contributed by atoms with van der Waals surface area (Å²) in [6, 6.07) is 20.1. The number of thioether (sulfide) groups is 1. The molecule has 0 aliphatic carbocycles. The van der Waals surface area contributed by atoms with Gasteiger partial charge in [0.15, 0.2) is 0 Å². The first-order valence-corrected chi connectivity index (χ1v) is 10.5. The third kappa shape index (κ3) is 3.44. The second kappa shape index (κ2) is 6.85. The Labute approximate surface area is 131 Å². The van der Waals surface area contributed by atoms with Crippen molar-refractivity contribution in [1.82, 2.24) is 0 Å². The lowest BCUT2D eigenvalue weighted by Crippen LogP contribution is -2.25. The second-order valence-corrected chi connectivity index (χ2v) is 9.87. The van der Waals surface area contributed by atoms with Gasteiger partial charge in [-0.3, -0.25) is 0 Å². The maximum absolute atomic E-state index is 13.9. The van der Waals surface area contributed by atoms with Crippen LogP contribution < -0.4 is 10.6 Å². The minimum atomic E-state index is -2.51. The fourth-order valence-electron chi connectivity index (χ4n) is 2.94. The van der Waals surface area contributed by atoms with Crippen molar-refractivity contribution in [2.45, 2.75) is 24.5 Å². The normalized spacial score (nSPS) is 19.3. The molecule has 1 unspecified atom stereocenters. The van der Waals surface area contributed by atoms with Crippen LogP contribution in [0.15, 0.2) is 60.7 Å². The lowest BCUT2D eigenvalue weighted by molar-refractivity contribution is 0.583. The molecule has 1 fully saturated rings. The molecule has 0 saturated carbocycles. The van der Waals surface area contributed by atoms with Crippen molar-refractivity contribution in [3.8, 4) is 0 Å². The van der Waals surface area contributed by atoms with Gasteiger partial charge in [-0.25, -0.2) is 0 Å². The summed E-state index contributed by atoms with van der Waals surface area (Å²) in [6.07, 6.45) is 4.59.